The molecule has 15 heteroatoms. The number of imidazole rings is 1. The van der Waals surface area contributed by atoms with Crippen LogP contribution in [0.15, 0.2) is 30.6 Å². The molecule has 3 rings (SSSR count). The first-order chi connectivity index (χ1) is 15.5. The van der Waals surface area contributed by atoms with E-state index < -0.39 is 21.3 Å². The van der Waals surface area contributed by atoms with E-state index in [-0.39, 0.29) is 31.6 Å². The fourth-order valence-electron chi connectivity index (χ4n) is 2.82. The lowest BCUT2D eigenvalue weighted by Gasteiger charge is -2.16. The monoisotopic (exact) mass is 517 g/mol. The summed E-state index contributed by atoms with van der Waals surface area (Å²) in [4.78, 5) is 31.6. The van der Waals surface area contributed by atoms with E-state index in [0.29, 0.717) is 22.0 Å². The van der Waals surface area contributed by atoms with Crippen LogP contribution in [0.1, 0.15) is 26.3 Å². The zero-order valence-electron chi connectivity index (χ0n) is 17.8. The minimum atomic E-state index is -5.11. The van der Waals surface area contributed by atoms with Gasteiger partial charge in [-0.25, -0.2) is 9.55 Å². The Morgan fingerprint density at radius 3 is 2.73 bits per heavy atom. The number of rotatable bonds is 11. The summed E-state index contributed by atoms with van der Waals surface area (Å²) in [5, 5.41) is 13.4. The summed E-state index contributed by atoms with van der Waals surface area (Å²) in [6.45, 7) is 3.98. The molecule has 5 N–H and O–H groups in total. The van der Waals surface area contributed by atoms with Gasteiger partial charge >= 0.3 is 21.3 Å². The van der Waals surface area contributed by atoms with Gasteiger partial charge in [0.05, 0.1) is 12.9 Å². The van der Waals surface area contributed by atoms with Crippen LogP contribution in [0.3, 0.4) is 0 Å². The highest BCUT2D eigenvalue weighted by Gasteiger charge is 2.56. The summed E-state index contributed by atoms with van der Waals surface area (Å²) in [5.74, 6) is 0.745. The topological polar surface area (TPSA) is 172 Å². The second kappa shape index (κ2) is 10.4. The average Bonchev–Trinajstić information content (AvgIpc) is 3.17. The highest BCUT2D eigenvalue weighted by atomic mass is 35.5. The number of halogens is 1. The zero-order valence-corrected chi connectivity index (χ0v) is 20.4. The largest absolute Gasteiger partial charge is 0.471 e. The summed E-state index contributed by atoms with van der Waals surface area (Å²) < 4.78 is 28.9. The number of anilines is 3. The predicted molar refractivity (Wildman–Crippen MR) is 125 cm³/mol. The first kappa shape index (κ1) is 25.5. The molecule has 0 fully saturated rings. The quantitative estimate of drug-likeness (QED) is 0.143. The van der Waals surface area contributed by atoms with Gasteiger partial charge < -0.3 is 34.8 Å². The van der Waals surface area contributed by atoms with Crippen LogP contribution in [0.5, 0.6) is 0 Å². The van der Waals surface area contributed by atoms with Crippen LogP contribution in [0.2, 0.25) is 5.02 Å². The molecule has 0 saturated carbocycles. The fraction of sp³-hybridized carbons (Fsp3) is 0.389. The molecule has 0 aliphatic rings. The molecule has 12 nitrogen and oxygen atoms in total. The van der Waals surface area contributed by atoms with E-state index in [1.807, 2.05) is 24.5 Å². The van der Waals surface area contributed by atoms with Gasteiger partial charge in [0.25, 0.3) is 0 Å². The second-order valence-corrected chi connectivity index (χ2v) is 10.8. The van der Waals surface area contributed by atoms with Crippen molar-refractivity contribution in [3.05, 3.63) is 35.6 Å². The molecule has 0 saturated heterocycles. The maximum absolute atomic E-state index is 11.2. The Morgan fingerprint density at radius 1 is 1.33 bits per heavy atom. The SMILES string of the molecule is CC(C)n1cnc2c(Nc3cccc(Cl)c3)nc(NCCCOC(O)([PH+]=O)P(=O)(O)O)nc21. The molecule has 33 heavy (non-hydrogen) atoms. The molecule has 2 heterocycles. The molecule has 0 aliphatic carbocycles. The van der Waals surface area contributed by atoms with Crippen molar-refractivity contribution >= 4 is 56.3 Å². The van der Waals surface area contributed by atoms with Gasteiger partial charge in [-0.3, -0.25) is 0 Å². The highest BCUT2D eigenvalue weighted by molar-refractivity contribution is 7.62. The van der Waals surface area contributed by atoms with E-state index >= 15 is 0 Å². The molecule has 1 aromatic carbocycles. The van der Waals surface area contributed by atoms with Crippen LogP contribution in [0.25, 0.3) is 11.2 Å². The number of ether oxygens (including phenoxy) is 1. The Hall–Kier alpha value is -2.17. The normalized spacial score (nSPS) is 14.0. The molecule has 0 bridgehead atoms. The van der Waals surface area contributed by atoms with E-state index in [2.05, 4.69) is 25.6 Å². The third-order valence-corrected chi connectivity index (χ3v) is 7.21. The molecular weight excluding hydrogens is 494 g/mol. The maximum Gasteiger partial charge on any atom is 0.471 e. The smallest absolute Gasteiger partial charge is 0.354 e. The number of hydrogen-bond donors (Lipinski definition) is 5. The minimum Gasteiger partial charge on any atom is -0.354 e. The lowest BCUT2D eigenvalue weighted by molar-refractivity contribution is -0.0876. The van der Waals surface area contributed by atoms with Crippen LogP contribution < -0.4 is 10.6 Å². The van der Waals surface area contributed by atoms with Crippen molar-refractivity contribution in [1.29, 1.82) is 0 Å². The summed E-state index contributed by atoms with van der Waals surface area (Å²) in [6, 6.07) is 7.24. The standard InChI is InChI=1S/C18H23ClN6O6P2/c1-11(2)25-10-21-14-15(22-13-6-3-5-12(19)9-13)23-17(24-16(14)25)20-7-4-8-31-18(26,32-27)33(28,29)30/h3,5-6,9-11,26H,4,7-8H2,1-2H3,(H2,28,29,30)(H2,20,22,23,24)/p+1. The molecule has 0 aliphatic heterocycles. The molecule has 0 radical (unpaired) electrons. The molecule has 0 amide bonds. The van der Waals surface area contributed by atoms with Gasteiger partial charge in [0.15, 0.2) is 17.0 Å². The molecule has 2 unspecified atom stereocenters. The highest BCUT2D eigenvalue weighted by Crippen LogP contribution is 2.55. The number of aliphatic hydroxyl groups is 1. The Balaban J connectivity index is 1.76. The summed E-state index contributed by atoms with van der Waals surface area (Å²) >= 11 is 6.07. The van der Waals surface area contributed by atoms with Crippen molar-refractivity contribution in [1.82, 2.24) is 19.5 Å². The van der Waals surface area contributed by atoms with E-state index in [1.54, 1.807) is 24.5 Å². The number of nitrogens with zero attached hydrogens (tertiary/aromatic N) is 4. The second-order valence-electron chi connectivity index (χ2n) is 7.33. The number of benzene rings is 1. The van der Waals surface area contributed by atoms with Gasteiger partial charge in [0.1, 0.15) is 0 Å². The van der Waals surface area contributed by atoms with Gasteiger partial charge in [-0.05, 0) is 38.5 Å². The first-order valence-corrected chi connectivity index (χ1v) is 12.8. The molecule has 0 spiro atoms. The Labute approximate surface area is 195 Å². The van der Waals surface area contributed by atoms with Gasteiger partial charge in [0, 0.05) is 23.3 Å². The summed E-state index contributed by atoms with van der Waals surface area (Å²) in [5.41, 5.74) is 1.89. The third kappa shape index (κ3) is 6.04. The maximum atomic E-state index is 11.2. The van der Waals surface area contributed by atoms with Gasteiger partial charge in [0.2, 0.25) is 5.95 Å². The molecular formula is C18H24ClN6O6P2+. The Kier molecular flexibility index (Phi) is 8.02. The molecule has 3 aromatic rings. The van der Waals surface area contributed by atoms with E-state index in [0.717, 1.165) is 5.69 Å². The fourth-order valence-corrected chi connectivity index (χ4v) is 3.91. The van der Waals surface area contributed by atoms with Crippen molar-refractivity contribution in [2.24, 2.45) is 0 Å². The van der Waals surface area contributed by atoms with E-state index in [9.17, 15) is 14.2 Å². The number of hydrogen-bond acceptors (Lipinski definition) is 9. The van der Waals surface area contributed by atoms with Gasteiger partial charge in [-0.2, -0.15) is 9.97 Å². The van der Waals surface area contributed by atoms with Gasteiger partial charge in [-0.15, -0.1) is 0 Å². The Bertz CT molecular complexity index is 1190. The predicted octanol–water partition coefficient (Wildman–Crippen LogP) is 3.43. The number of aromatic nitrogens is 4. The van der Waals surface area contributed by atoms with Crippen LogP contribution in [-0.2, 0) is 13.9 Å². The van der Waals surface area contributed by atoms with Crippen LogP contribution >= 0.6 is 27.7 Å². The summed E-state index contributed by atoms with van der Waals surface area (Å²) in [7, 11) is -6.86. The van der Waals surface area contributed by atoms with Crippen molar-refractivity contribution in [3.63, 3.8) is 0 Å². The molecule has 2 atom stereocenters. The number of nitrogens with one attached hydrogen (secondary N) is 2. The first-order valence-electron chi connectivity index (χ1n) is 9.86. The van der Waals surface area contributed by atoms with Crippen LogP contribution in [-0.4, -0.2) is 52.8 Å². The van der Waals surface area contributed by atoms with Crippen molar-refractivity contribution in [3.8, 4) is 0 Å². The van der Waals surface area contributed by atoms with E-state index in [1.165, 1.54) is 0 Å². The lowest BCUT2D eigenvalue weighted by Crippen LogP contribution is -2.26. The zero-order chi connectivity index (χ0) is 24.2. The third-order valence-electron chi connectivity index (χ3n) is 4.50. The lowest BCUT2D eigenvalue weighted by atomic mass is 10.3. The molecule has 178 valence electrons. The van der Waals surface area contributed by atoms with Crippen LogP contribution in [0.4, 0.5) is 17.5 Å². The van der Waals surface area contributed by atoms with Crippen LogP contribution in [0, 0.1) is 0 Å². The Morgan fingerprint density at radius 2 is 2.09 bits per heavy atom. The summed E-state index contributed by atoms with van der Waals surface area (Å²) in [6.07, 6.45) is 1.89. The number of fused-ring (bicyclic) bond motifs is 1. The molecule has 2 aromatic heterocycles. The van der Waals surface area contributed by atoms with Gasteiger partial charge in [-0.1, -0.05) is 22.2 Å². The van der Waals surface area contributed by atoms with E-state index in [4.69, 9.17) is 26.1 Å². The average molecular weight is 518 g/mol. The van der Waals surface area contributed by atoms with Crippen molar-refractivity contribution in [2.75, 3.05) is 23.8 Å². The van der Waals surface area contributed by atoms with Crippen molar-refractivity contribution in [2.45, 2.75) is 31.6 Å². The van der Waals surface area contributed by atoms with Crippen molar-refractivity contribution < 1.29 is 28.8 Å². The minimum absolute atomic E-state index is 0.100.